The van der Waals surface area contributed by atoms with E-state index in [2.05, 4.69) is 36.6 Å². The van der Waals surface area contributed by atoms with Crippen molar-refractivity contribution in [2.24, 2.45) is 11.8 Å². The Morgan fingerprint density at radius 1 is 1.44 bits per heavy atom. The largest absolute Gasteiger partial charge is 0.308 e. The van der Waals surface area contributed by atoms with Gasteiger partial charge in [0.1, 0.15) is 5.01 Å². The number of nitrogens with zero attached hydrogens (tertiary/aromatic N) is 1. The topological polar surface area (TPSA) is 24.9 Å². The second-order valence-corrected chi connectivity index (χ2v) is 6.15. The van der Waals surface area contributed by atoms with Gasteiger partial charge in [-0.15, -0.1) is 11.3 Å². The van der Waals surface area contributed by atoms with Crippen LogP contribution < -0.4 is 5.32 Å². The van der Waals surface area contributed by atoms with Gasteiger partial charge in [-0.3, -0.25) is 0 Å². The van der Waals surface area contributed by atoms with E-state index >= 15 is 0 Å². The maximum atomic E-state index is 4.51. The predicted octanol–water partition coefficient (Wildman–Crippen LogP) is 3.40. The van der Waals surface area contributed by atoms with E-state index in [0.717, 1.165) is 11.8 Å². The molecular formula is C13H22N2S. The van der Waals surface area contributed by atoms with Gasteiger partial charge in [0.2, 0.25) is 0 Å². The molecule has 1 fully saturated rings. The second kappa shape index (κ2) is 4.84. The van der Waals surface area contributed by atoms with E-state index < -0.39 is 0 Å². The minimum Gasteiger partial charge on any atom is -0.308 e. The first-order valence-corrected chi connectivity index (χ1v) is 7.15. The summed E-state index contributed by atoms with van der Waals surface area (Å²) in [4.78, 5) is 4.51. The molecule has 1 aromatic heterocycles. The average Bonchev–Trinajstić information content (AvgIpc) is 2.83. The molecule has 1 aromatic rings. The highest BCUT2D eigenvalue weighted by atomic mass is 32.1. The van der Waals surface area contributed by atoms with E-state index in [1.54, 1.807) is 11.3 Å². The summed E-state index contributed by atoms with van der Waals surface area (Å²) >= 11 is 1.79. The Balaban J connectivity index is 2.09. The van der Waals surface area contributed by atoms with Crippen molar-refractivity contribution in [1.82, 2.24) is 10.3 Å². The van der Waals surface area contributed by atoms with Crippen LogP contribution >= 0.6 is 11.3 Å². The number of hydrogen-bond acceptors (Lipinski definition) is 3. The molecule has 1 aliphatic rings. The Bertz CT molecular complexity index is 311. The van der Waals surface area contributed by atoms with Gasteiger partial charge in [0.05, 0.1) is 5.54 Å². The third kappa shape index (κ3) is 2.16. The lowest BCUT2D eigenvalue weighted by molar-refractivity contribution is 0.168. The van der Waals surface area contributed by atoms with Crippen LogP contribution in [0.3, 0.4) is 0 Å². The minimum atomic E-state index is 0.166. The molecule has 0 amide bonds. The molecule has 2 rings (SSSR count). The molecule has 0 unspecified atom stereocenters. The summed E-state index contributed by atoms with van der Waals surface area (Å²) in [6.45, 7) is 4.70. The number of aromatic nitrogens is 1. The third-order valence-corrected chi connectivity index (χ3v) is 5.12. The summed E-state index contributed by atoms with van der Waals surface area (Å²) < 4.78 is 0. The zero-order valence-corrected chi connectivity index (χ0v) is 11.3. The highest BCUT2D eigenvalue weighted by Crippen LogP contribution is 2.42. The zero-order valence-electron chi connectivity index (χ0n) is 10.5. The highest BCUT2D eigenvalue weighted by Gasteiger charge is 2.37. The molecule has 16 heavy (non-hydrogen) atoms. The third-order valence-electron chi connectivity index (χ3n) is 4.15. The second-order valence-electron chi connectivity index (χ2n) is 5.25. The van der Waals surface area contributed by atoms with Crippen LogP contribution in [0.25, 0.3) is 0 Å². The van der Waals surface area contributed by atoms with Crippen LogP contribution in [0.5, 0.6) is 0 Å². The Morgan fingerprint density at radius 2 is 2.12 bits per heavy atom. The van der Waals surface area contributed by atoms with Crippen molar-refractivity contribution < 1.29 is 0 Å². The van der Waals surface area contributed by atoms with Crippen LogP contribution in [0, 0.1) is 11.8 Å². The molecule has 0 aliphatic heterocycles. The minimum absolute atomic E-state index is 0.166. The fourth-order valence-corrected chi connectivity index (χ4v) is 3.73. The van der Waals surface area contributed by atoms with Crippen LogP contribution in [0.1, 0.15) is 44.5 Å². The van der Waals surface area contributed by atoms with E-state index in [0.29, 0.717) is 0 Å². The lowest BCUT2D eigenvalue weighted by Gasteiger charge is -2.40. The van der Waals surface area contributed by atoms with Crippen molar-refractivity contribution in [3.63, 3.8) is 0 Å². The Morgan fingerprint density at radius 3 is 2.56 bits per heavy atom. The number of nitrogens with one attached hydrogen (secondary N) is 1. The van der Waals surface area contributed by atoms with Gasteiger partial charge < -0.3 is 5.32 Å². The van der Waals surface area contributed by atoms with Gasteiger partial charge in [-0.25, -0.2) is 4.98 Å². The quantitative estimate of drug-likeness (QED) is 0.873. The lowest BCUT2D eigenvalue weighted by Crippen LogP contribution is -2.43. The predicted molar refractivity (Wildman–Crippen MR) is 69.6 cm³/mol. The van der Waals surface area contributed by atoms with Crippen molar-refractivity contribution in [2.75, 3.05) is 7.05 Å². The number of rotatable bonds is 3. The van der Waals surface area contributed by atoms with Crippen molar-refractivity contribution in [2.45, 2.75) is 45.1 Å². The van der Waals surface area contributed by atoms with Crippen LogP contribution in [-0.2, 0) is 5.54 Å². The monoisotopic (exact) mass is 238 g/mol. The molecular weight excluding hydrogens is 216 g/mol. The molecule has 0 atom stereocenters. The van der Waals surface area contributed by atoms with E-state index in [1.165, 1.54) is 30.7 Å². The van der Waals surface area contributed by atoms with Crippen molar-refractivity contribution in [1.29, 1.82) is 0 Å². The van der Waals surface area contributed by atoms with Crippen LogP contribution in [-0.4, -0.2) is 12.0 Å². The molecule has 1 heterocycles. The van der Waals surface area contributed by atoms with Gasteiger partial charge in [-0.2, -0.15) is 0 Å². The summed E-state index contributed by atoms with van der Waals surface area (Å²) in [5.41, 5.74) is 0.166. The molecule has 1 N–H and O–H groups in total. The maximum absolute atomic E-state index is 4.51. The molecule has 0 bridgehead atoms. The summed E-state index contributed by atoms with van der Waals surface area (Å²) in [6.07, 6.45) is 7.06. The average molecular weight is 238 g/mol. The normalized spacial score (nSPS) is 30.9. The lowest BCUT2D eigenvalue weighted by atomic mass is 9.73. The van der Waals surface area contributed by atoms with Gasteiger partial charge in [-0.1, -0.05) is 13.8 Å². The molecule has 2 nitrogen and oxygen atoms in total. The van der Waals surface area contributed by atoms with Crippen molar-refractivity contribution >= 4 is 11.3 Å². The van der Waals surface area contributed by atoms with Gasteiger partial charge in [0.25, 0.3) is 0 Å². The number of hydrogen-bond donors (Lipinski definition) is 1. The molecule has 1 saturated carbocycles. The summed E-state index contributed by atoms with van der Waals surface area (Å²) in [6, 6.07) is 0. The standard InChI is InChI=1S/C13H22N2S/c1-10(2)11-4-6-13(14-3,7-5-11)12-15-8-9-16-12/h8-11,14H,4-7H2,1-3H3. The van der Waals surface area contributed by atoms with E-state index in [1.807, 2.05) is 6.20 Å². The zero-order chi connectivity index (χ0) is 11.6. The fraction of sp³-hybridized carbons (Fsp3) is 0.769. The molecule has 0 spiro atoms. The molecule has 0 radical (unpaired) electrons. The number of thiazole rings is 1. The van der Waals surface area contributed by atoms with Crippen molar-refractivity contribution in [3.05, 3.63) is 16.6 Å². The summed E-state index contributed by atoms with van der Waals surface area (Å²) in [5.74, 6) is 1.73. The first-order chi connectivity index (χ1) is 7.68. The van der Waals surface area contributed by atoms with Crippen LogP contribution in [0.4, 0.5) is 0 Å². The SMILES string of the molecule is CNC1(c2nccs2)CCC(C(C)C)CC1. The first kappa shape index (κ1) is 12.1. The van der Waals surface area contributed by atoms with Crippen LogP contribution in [0.15, 0.2) is 11.6 Å². The molecule has 0 saturated heterocycles. The molecule has 3 heteroatoms. The summed E-state index contributed by atoms with van der Waals surface area (Å²) in [5, 5.41) is 6.89. The van der Waals surface area contributed by atoms with Gasteiger partial charge in [0, 0.05) is 11.6 Å². The Labute approximate surface area is 102 Å². The Kier molecular flexibility index (Phi) is 3.65. The van der Waals surface area contributed by atoms with Gasteiger partial charge in [-0.05, 0) is 44.6 Å². The van der Waals surface area contributed by atoms with Crippen LogP contribution in [0.2, 0.25) is 0 Å². The highest BCUT2D eigenvalue weighted by molar-refractivity contribution is 7.09. The first-order valence-electron chi connectivity index (χ1n) is 6.27. The van der Waals surface area contributed by atoms with E-state index in [9.17, 15) is 0 Å². The maximum Gasteiger partial charge on any atom is 0.113 e. The molecule has 1 aliphatic carbocycles. The smallest absolute Gasteiger partial charge is 0.113 e. The van der Waals surface area contributed by atoms with Crippen molar-refractivity contribution in [3.8, 4) is 0 Å². The molecule has 0 aromatic carbocycles. The molecule has 90 valence electrons. The van der Waals surface area contributed by atoms with E-state index in [4.69, 9.17) is 0 Å². The fourth-order valence-electron chi connectivity index (χ4n) is 2.83. The van der Waals surface area contributed by atoms with Gasteiger partial charge >= 0.3 is 0 Å². The van der Waals surface area contributed by atoms with Gasteiger partial charge in [0.15, 0.2) is 0 Å². The Hall–Kier alpha value is -0.410. The van der Waals surface area contributed by atoms with E-state index in [-0.39, 0.29) is 5.54 Å². The summed E-state index contributed by atoms with van der Waals surface area (Å²) in [7, 11) is 2.08.